The molecule has 1 aromatic carbocycles. The number of aromatic nitrogens is 2. The number of ether oxygens (including phenoxy) is 2. The molecule has 4 rings (SSSR count). The van der Waals surface area contributed by atoms with Gasteiger partial charge in [-0.2, -0.15) is 0 Å². The molecule has 1 aromatic heterocycles. The Morgan fingerprint density at radius 1 is 1.13 bits per heavy atom. The summed E-state index contributed by atoms with van der Waals surface area (Å²) in [5.41, 5.74) is 0.0891. The molecule has 0 spiro atoms. The molecule has 0 bridgehead atoms. The zero-order valence-electron chi connectivity index (χ0n) is 16.9. The maximum Gasteiger partial charge on any atom is 0.341 e. The molecule has 2 aromatic rings. The average Bonchev–Trinajstić information content (AvgIpc) is 2.75. The van der Waals surface area contributed by atoms with Gasteiger partial charge < -0.3 is 14.4 Å². The Hall–Kier alpha value is -2.81. The van der Waals surface area contributed by atoms with Gasteiger partial charge in [0.1, 0.15) is 23.2 Å². The first-order valence-corrected chi connectivity index (χ1v) is 9.99. The van der Waals surface area contributed by atoms with E-state index in [-0.39, 0.29) is 17.7 Å². The van der Waals surface area contributed by atoms with Crippen LogP contribution in [0, 0.1) is 11.6 Å². The number of carbonyl (C=O) groups is 1. The highest BCUT2D eigenvalue weighted by Crippen LogP contribution is 2.31. The molecule has 30 heavy (non-hydrogen) atoms. The van der Waals surface area contributed by atoms with E-state index in [2.05, 4.69) is 26.7 Å². The molecule has 2 fully saturated rings. The van der Waals surface area contributed by atoms with Crippen LogP contribution in [0.5, 0.6) is 5.75 Å². The third kappa shape index (κ3) is 4.07. The Morgan fingerprint density at radius 3 is 2.63 bits per heavy atom. The number of halogens is 2. The number of piperazine rings is 1. The molecule has 0 saturated carbocycles. The summed E-state index contributed by atoms with van der Waals surface area (Å²) in [4.78, 5) is 24.7. The molecule has 0 radical (unpaired) electrons. The number of benzene rings is 1. The van der Waals surface area contributed by atoms with E-state index in [9.17, 15) is 13.6 Å². The molecule has 1 unspecified atom stereocenters. The molecule has 0 amide bonds. The van der Waals surface area contributed by atoms with Crippen molar-refractivity contribution >= 4 is 11.9 Å². The first-order chi connectivity index (χ1) is 14.5. The van der Waals surface area contributed by atoms with E-state index < -0.39 is 17.6 Å². The van der Waals surface area contributed by atoms with Crippen molar-refractivity contribution in [3.63, 3.8) is 0 Å². The Balaban J connectivity index is 1.43. The normalized spacial score (nSPS) is 24.3. The van der Waals surface area contributed by atoms with Crippen LogP contribution in [0.2, 0.25) is 0 Å². The van der Waals surface area contributed by atoms with Gasteiger partial charge in [0, 0.05) is 31.7 Å². The lowest BCUT2D eigenvalue weighted by molar-refractivity contribution is 0.0274. The molecule has 3 heterocycles. The summed E-state index contributed by atoms with van der Waals surface area (Å²) in [6.45, 7) is 4.34. The van der Waals surface area contributed by atoms with E-state index in [1.807, 2.05) is 0 Å². The van der Waals surface area contributed by atoms with Crippen LogP contribution in [-0.4, -0.2) is 65.8 Å². The second-order valence-corrected chi connectivity index (χ2v) is 7.65. The molecule has 7 nitrogen and oxygen atoms in total. The van der Waals surface area contributed by atoms with Crippen molar-refractivity contribution in [2.45, 2.75) is 38.0 Å². The minimum atomic E-state index is -0.625. The quantitative estimate of drug-likeness (QED) is 0.707. The number of fused-ring (bicyclic) bond motifs is 1. The lowest BCUT2D eigenvalue weighted by atomic mass is 9.92. The second-order valence-electron chi connectivity index (χ2n) is 7.65. The number of methoxy groups -OCH3 is 1. The lowest BCUT2D eigenvalue weighted by Gasteiger charge is -2.50. The number of hydrogen-bond acceptors (Lipinski definition) is 7. The van der Waals surface area contributed by atoms with Crippen molar-refractivity contribution < 1.29 is 23.0 Å². The van der Waals surface area contributed by atoms with Gasteiger partial charge in [0.2, 0.25) is 5.95 Å². The zero-order chi connectivity index (χ0) is 21.3. The van der Waals surface area contributed by atoms with E-state index in [4.69, 9.17) is 9.47 Å². The van der Waals surface area contributed by atoms with Crippen molar-refractivity contribution in [2.24, 2.45) is 0 Å². The molecular formula is C21H24F2N4O3. The lowest BCUT2D eigenvalue weighted by Crippen LogP contribution is -2.62. The fraction of sp³-hybridized carbons (Fsp3) is 0.476. The van der Waals surface area contributed by atoms with Crippen LogP contribution in [0.15, 0.2) is 30.6 Å². The maximum absolute atomic E-state index is 13.6. The van der Waals surface area contributed by atoms with E-state index in [1.54, 1.807) is 0 Å². The Bertz CT molecular complexity index is 912. The highest BCUT2D eigenvalue weighted by atomic mass is 19.1. The minimum absolute atomic E-state index is 0.0891. The van der Waals surface area contributed by atoms with Crippen LogP contribution in [0.4, 0.5) is 14.7 Å². The Kier molecular flexibility index (Phi) is 5.80. The molecule has 2 saturated heterocycles. The van der Waals surface area contributed by atoms with Crippen molar-refractivity contribution in [2.75, 3.05) is 31.6 Å². The van der Waals surface area contributed by atoms with Crippen LogP contribution in [-0.2, 0) is 4.74 Å². The van der Waals surface area contributed by atoms with Crippen LogP contribution >= 0.6 is 0 Å². The third-order valence-corrected chi connectivity index (χ3v) is 5.87. The molecule has 0 aliphatic carbocycles. The molecule has 2 aliphatic heterocycles. The molecule has 0 N–H and O–H groups in total. The number of rotatable bonds is 4. The van der Waals surface area contributed by atoms with Gasteiger partial charge in [-0.15, -0.1) is 0 Å². The zero-order valence-corrected chi connectivity index (χ0v) is 16.9. The van der Waals surface area contributed by atoms with Gasteiger partial charge in [0.15, 0.2) is 5.82 Å². The average molecular weight is 418 g/mol. The molecule has 9 heteroatoms. The van der Waals surface area contributed by atoms with Gasteiger partial charge in [-0.25, -0.2) is 23.5 Å². The topological polar surface area (TPSA) is 67.8 Å². The number of carbonyl (C=O) groups excluding carboxylic acids is 1. The van der Waals surface area contributed by atoms with Gasteiger partial charge in [0.25, 0.3) is 0 Å². The number of esters is 1. The van der Waals surface area contributed by atoms with E-state index in [0.29, 0.717) is 24.3 Å². The highest BCUT2D eigenvalue weighted by molar-refractivity contribution is 5.92. The van der Waals surface area contributed by atoms with Crippen molar-refractivity contribution in [3.8, 4) is 5.75 Å². The van der Waals surface area contributed by atoms with Crippen LogP contribution in [0.25, 0.3) is 0 Å². The largest absolute Gasteiger partial charge is 0.488 e. The molecule has 2 aliphatic rings. The number of anilines is 1. The van der Waals surface area contributed by atoms with Gasteiger partial charge in [-0.3, -0.25) is 4.90 Å². The van der Waals surface area contributed by atoms with Gasteiger partial charge in [-0.1, -0.05) is 0 Å². The van der Waals surface area contributed by atoms with Gasteiger partial charge in [-0.05, 0) is 38.0 Å². The number of hydrogen-bond donors (Lipinski definition) is 0. The molecule has 3 atom stereocenters. The summed E-state index contributed by atoms with van der Waals surface area (Å²) in [5.74, 6) is -0.719. The van der Waals surface area contributed by atoms with Crippen molar-refractivity contribution in [1.82, 2.24) is 14.9 Å². The summed E-state index contributed by atoms with van der Waals surface area (Å²) in [5, 5.41) is 0. The number of piperidine rings is 1. The van der Waals surface area contributed by atoms with Crippen molar-refractivity contribution in [3.05, 3.63) is 47.8 Å². The monoisotopic (exact) mass is 418 g/mol. The van der Waals surface area contributed by atoms with E-state index in [0.717, 1.165) is 32.0 Å². The highest BCUT2D eigenvalue weighted by Gasteiger charge is 2.39. The summed E-state index contributed by atoms with van der Waals surface area (Å²) >= 11 is 0. The first-order valence-electron chi connectivity index (χ1n) is 9.99. The van der Waals surface area contributed by atoms with Gasteiger partial charge in [0.05, 0.1) is 19.5 Å². The maximum atomic E-state index is 13.6. The van der Waals surface area contributed by atoms with Gasteiger partial charge >= 0.3 is 5.97 Å². The second kappa shape index (κ2) is 8.51. The fourth-order valence-electron chi connectivity index (χ4n) is 4.36. The standard InChI is InChI=1S/C21H24F2N4O3/c1-13-18-5-4-16(30-19-6-3-14(22)9-17(19)20(28)29-2)12-26(18)7-8-27(13)21-24-10-15(23)11-25-21/h3,6,9-11,13,16,18H,4-5,7-8,12H2,1-2H3/t13?,16-,18-/m0/s1. The van der Waals surface area contributed by atoms with E-state index in [1.165, 1.54) is 31.6 Å². The van der Waals surface area contributed by atoms with Crippen molar-refractivity contribution in [1.29, 1.82) is 0 Å². The SMILES string of the molecule is COC(=O)c1cc(F)ccc1O[C@H]1CC[C@H]2C(C)N(c3ncc(F)cn3)CCN2C1. The van der Waals surface area contributed by atoms with Crippen LogP contribution in [0.3, 0.4) is 0 Å². The Labute approximate surface area is 173 Å². The first kappa shape index (κ1) is 20.5. The third-order valence-electron chi connectivity index (χ3n) is 5.87. The predicted molar refractivity (Wildman–Crippen MR) is 106 cm³/mol. The van der Waals surface area contributed by atoms with E-state index >= 15 is 0 Å². The Morgan fingerprint density at radius 2 is 1.90 bits per heavy atom. The summed E-state index contributed by atoms with van der Waals surface area (Å²) < 4.78 is 37.6. The molecule has 160 valence electrons. The fourth-order valence-corrected chi connectivity index (χ4v) is 4.36. The summed E-state index contributed by atoms with van der Waals surface area (Å²) in [6.07, 6.45) is 3.94. The number of nitrogens with zero attached hydrogens (tertiary/aromatic N) is 4. The summed E-state index contributed by atoms with van der Waals surface area (Å²) in [7, 11) is 1.26. The predicted octanol–water partition coefficient (Wildman–Crippen LogP) is 2.66. The van der Waals surface area contributed by atoms with Crippen LogP contribution < -0.4 is 9.64 Å². The minimum Gasteiger partial charge on any atom is -0.488 e. The summed E-state index contributed by atoms with van der Waals surface area (Å²) in [6, 6.07) is 4.34. The van der Waals surface area contributed by atoms with Crippen LogP contribution in [0.1, 0.15) is 30.1 Å². The smallest absolute Gasteiger partial charge is 0.341 e. The molecular weight excluding hydrogens is 394 g/mol.